The van der Waals surface area contributed by atoms with Gasteiger partial charge in [-0.15, -0.1) is 0 Å². The highest BCUT2D eigenvalue weighted by Crippen LogP contribution is 2.19. The Morgan fingerprint density at radius 1 is 0.763 bits per heavy atom. The first-order valence-electron chi connectivity index (χ1n) is 12.9. The van der Waals surface area contributed by atoms with Crippen LogP contribution in [-0.2, 0) is 11.2 Å². The Hall–Kier alpha value is -4.58. The smallest absolute Gasteiger partial charge is 0.258 e. The maximum absolute atomic E-state index is 12.9. The third kappa shape index (κ3) is 7.71. The number of carbonyl (C=O) groups is 2. The number of nitrogens with zero attached hydrogens (tertiary/aromatic N) is 1. The van der Waals surface area contributed by atoms with Gasteiger partial charge in [0, 0.05) is 29.2 Å². The fourth-order valence-electron chi connectivity index (χ4n) is 4.07. The molecular weight excluding hydrogens is 474 g/mol. The van der Waals surface area contributed by atoms with E-state index in [-0.39, 0.29) is 18.4 Å². The molecule has 0 aliphatic carbocycles. The van der Waals surface area contributed by atoms with Crippen LogP contribution in [0.3, 0.4) is 0 Å². The fraction of sp³-hybridized carbons (Fsp3) is 0.188. The summed E-state index contributed by atoms with van der Waals surface area (Å²) in [5, 5.41) is 5.98. The van der Waals surface area contributed by atoms with Crippen LogP contribution in [0, 0.1) is 0 Å². The Kier molecular flexibility index (Phi) is 9.51. The molecule has 0 unspecified atom stereocenters. The summed E-state index contributed by atoms with van der Waals surface area (Å²) in [5.74, 6) is 0.548. The van der Waals surface area contributed by atoms with Crippen LogP contribution in [0.15, 0.2) is 109 Å². The first-order valence-corrected chi connectivity index (χ1v) is 12.9. The highest BCUT2D eigenvalue weighted by Gasteiger charge is 2.15. The number of carbonyl (C=O) groups excluding carboxylic acids is 2. The molecule has 4 aromatic carbocycles. The zero-order valence-corrected chi connectivity index (χ0v) is 21.6. The number of amides is 2. The molecule has 0 spiro atoms. The SMILES string of the molecule is CCN(C(=O)c1ccc(NCC(=O)Nc2ccc(OCCCc3ccccc3)cc2)cc1)c1ccccc1. The van der Waals surface area contributed by atoms with Gasteiger partial charge in [0.05, 0.1) is 13.2 Å². The lowest BCUT2D eigenvalue weighted by Gasteiger charge is -2.21. The minimum absolute atomic E-state index is 0.0633. The standard InChI is InChI=1S/C32H33N3O3/c1-2-35(29-13-7-4-8-14-29)32(37)26-15-17-27(18-16-26)33-24-31(36)34-28-19-21-30(22-20-28)38-23-9-12-25-10-5-3-6-11-25/h3-8,10-11,13-22,33H,2,9,12,23-24H2,1H3,(H,34,36). The third-order valence-corrected chi connectivity index (χ3v) is 6.07. The molecule has 0 aromatic heterocycles. The van der Waals surface area contributed by atoms with E-state index in [0.29, 0.717) is 24.4 Å². The fourth-order valence-corrected chi connectivity index (χ4v) is 4.07. The second-order valence-electron chi connectivity index (χ2n) is 8.83. The zero-order chi connectivity index (χ0) is 26.6. The van der Waals surface area contributed by atoms with E-state index in [4.69, 9.17) is 4.74 Å². The van der Waals surface area contributed by atoms with E-state index in [0.717, 1.165) is 30.0 Å². The van der Waals surface area contributed by atoms with Crippen molar-refractivity contribution in [1.29, 1.82) is 0 Å². The van der Waals surface area contributed by atoms with Crippen molar-refractivity contribution in [3.63, 3.8) is 0 Å². The highest BCUT2D eigenvalue weighted by atomic mass is 16.5. The van der Waals surface area contributed by atoms with Crippen LogP contribution >= 0.6 is 0 Å². The number of hydrogen-bond donors (Lipinski definition) is 2. The number of hydrogen-bond acceptors (Lipinski definition) is 4. The summed E-state index contributed by atoms with van der Waals surface area (Å²) in [6, 6.07) is 34.5. The largest absolute Gasteiger partial charge is 0.494 e. The summed E-state index contributed by atoms with van der Waals surface area (Å²) < 4.78 is 5.81. The zero-order valence-electron chi connectivity index (χ0n) is 21.6. The van der Waals surface area contributed by atoms with Gasteiger partial charge >= 0.3 is 0 Å². The van der Waals surface area contributed by atoms with Crippen molar-refractivity contribution in [1.82, 2.24) is 0 Å². The maximum atomic E-state index is 12.9. The lowest BCUT2D eigenvalue weighted by Crippen LogP contribution is -2.30. The Bertz CT molecular complexity index is 1290. The van der Waals surface area contributed by atoms with Crippen molar-refractivity contribution in [3.05, 3.63) is 120 Å². The molecule has 0 saturated carbocycles. The van der Waals surface area contributed by atoms with Gasteiger partial charge in [0.25, 0.3) is 5.91 Å². The van der Waals surface area contributed by atoms with E-state index in [2.05, 4.69) is 22.8 Å². The average molecular weight is 508 g/mol. The molecule has 0 saturated heterocycles. The van der Waals surface area contributed by atoms with Crippen LogP contribution in [0.1, 0.15) is 29.3 Å². The van der Waals surface area contributed by atoms with Crippen molar-refractivity contribution in [2.75, 3.05) is 35.2 Å². The summed E-state index contributed by atoms with van der Waals surface area (Å²) in [4.78, 5) is 27.1. The van der Waals surface area contributed by atoms with Crippen LogP contribution in [0.25, 0.3) is 0 Å². The number of rotatable bonds is 12. The highest BCUT2D eigenvalue weighted by molar-refractivity contribution is 6.06. The predicted octanol–water partition coefficient (Wildman–Crippen LogP) is 6.42. The van der Waals surface area contributed by atoms with Crippen molar-refractivity contribution < 1.29 is 14.3 Å². The average Bonchev–Trinajstić information content (AvgIpc) is 2.97. The van der Waals surface area contributed by atoms with Crippen molar-refractivity contribution in [2.45, 2.75) is 19.8 Å². The maximum Gasteiger partial charge on any atom is 0.258 e. The lowest BCUT2D eigenvalue weighted by molar-refractivity contribution is -0.114. The molecule has 2 amide bonds. The Morgan fingerprint density at radius 2 is 1.39 bits per heavy atom. The first kappa shape index (κ1) is 26.5. The molecule has 194 valence electrons. The normalized spacial score (nSPS) is 10.4. The van der Waals surface area contributed by atoms with Crippen molar-refractivity contribution >= 4 is 28.9 Å². The van der Waals surface area contributed by atoms with Crippen LogP contribution in [0.2, 0.25) is 0 Å². The van der Waals surface area contributed by atoms with E-state index in [9.17, 15) is 9.59 Å². The molecule has 38 heavy (non-hydrogen) atoms. The third-order valence-electron chi connectivity index (χ3n) is 6.07. The van der Waals surface area contributed by atoms with Crippen LogP contribution in [0.5, 0.6) is 5.75 Å². The van der Waals surface area contributed by atoms with Crippen molar-refractivity contribution in [2.24, 2.45) is 0 Å². The molecule has 6 heteroatoms. The molecule has 0 radical (unpaired) electrons. The Balaban J connectivity index is 1.20. The number of para-hydroxylation sites is 1. The summed E-state index contributed by atoms with van der Waals surface area (Å²) in [6.45, 7) is 3.27. The van der Waals surface area contributed by atoms with E-state index >= 15 is 0 Å². The minimum Gasteiger partial charge on any atom is -0.494 e. The molecule has 0 atom stereocenters. The number of anilines is 3. The van der Waals surface area contributed by atoms with E-state index in [1.165, 1.54) is 5.56 Å². The second kappa shape index (κ2) is 13.7. The molecule has 0 fully saturated rings. The van der Waals surface area contributed by atoms with Crippen LogP contribution in [0.4, 0.5) is 17.1 Å². The predicted molar refractivity (Wildman–Crippen MR) is 154 cm³/mol. The molecule has 4 aromatic rings. The Labute approximate surface area is 224 Å². The molecule has 2 N–H and O–H groups in total. The number of ether oxygens (including phenoxy) is 1. The topological polar surface area (TPSA) is 70.7 Å². The van der Waals surface area contributed by atoms with Gasteiger partial charge in [-0.05, 0) is 86.0 Å². The number of nitrogens with one attached hydrogen (secondary N) is 2. The van der Waals surface area contributed by atoms with Crippen LogP contribution in [-0.4, -0.2) is 31.5 Å². The summed E-state index contributed by atoms with van der Waals surface area (Å²) in [7, 11) is 0. The minimum atomic E-state index is -0.164. The molecule has 0 aliphatic heterocycles. The molecule has 0 bridgehead atoms. The monoisotopic (exact) mass is 507 g/mol. The summed E-state index contributed by atoms with van der Waals surface area (Å²) in [6.07, 6.45) is 1.92. The van der Waals surface area contributed by atoms with E-state index in [1.54, 1.807) is 17.0 Å². The van der Waals surface area contributed by atoms with Gasteiger partial charge in [-0.1, -0.05) is 48.5 Å². The number of aryl methyl sites for hydroxylation is 1. The van der Waals surface area contributed by atoms with Crippen molar-refractivity contribution in [3.8, 4) is 5.75 Å². The second-order valence-corrected chi connectivity index (χ2v) is 8.83. The molecule has 4 rings (SSSR count). The van der Waals surface area contributed by atoms with Gasteiger partial charge in [-0.3, -0.25) is 9.59 Å². The van der Waals surface area contributed by atoms with Gasteiger partial charge in [0.2, 0.25) is 5.91 Å². The first-order chi connectivity index (χ1) is 18.6. The van der Waals surface area contributed by atoms with E-state index < -0.39 is 0 Å². The summed E-state index contributed by atoms with van der Waals surface area (Å²) >= 11 is 0. The van der Waals surface area contributed by atoms with Gasteiger partial charge < -0.3 is 20.3 Å². The Morgan fingerprint density at radius 3 is 2.05 bits per heavy atom. The molecule has 0 heterocycles. The summed E-state index contributed by atoms with van der Waals surface area (Å²) in [5.41, 5.74) is 4.22. The molecular formula is C32H33N3O3. The van der Waals surface area contributed by atoms with Crippen LogP contribution < -0.4 is 20.3 Å². The molecule has 0 aliphatic rings. The van der Waals surface area contributed by atoms with Gasteiger partial charge in [-0.25, -0.2) is 0 Å². The number of benzene rings is 4. The van der Waals surface area contributed by atoms with Gasteiger partial charge in [-0.2, -0.15) is 0 Å². The quantitative estimate of drug-likeness (QED) is 0.217. The molecule has 6 nitrogen and oxygen atoms in total. The van der Waals surface area contributed by atoms with Gasteiger partial charge in [0.15, 0.2) is 0 Å². The van der Waals surface area contributed by atoms with Gasteiger partial charge in [0.1, 0.15) is 5.75 Å². The van der Waals surface area contributed by atoms with E-state index in [1.807, 2.05) is 91.9 Å². The lowest BCUT2D eigenvalue weighted by atomic mass is 10.1.